The molecule has 0 aliphatic heterocycles. The third-order valence-electron chi connectivity index (χ3n) is 3.03. The number of hydrogen-bond acceptors (Lipinski definition) is 2. The first-order valence-electron chi connectivity index (χ1n) is 5.95. The molecule has 3 heteroatoms. The average Bonchev–Trinajstić information content (AvgIpc) is 2.44. The van der Waals surface area contributed by atoms with Crippen LogP contribution >= 0.6 is 23.8 Å². The molecule has 1 heterocycles. The van der Waals surface area contributed by atoms with Gasteiger partial charge in [-0.15, -0.1) is 0 Å². The highest BCUT2D eigenvalue weighted by atomic mass is 35.5. The van der Waals surface area contributed by atoms with Gasteiger partial charge >= 0.3 is 0 Å². The topological polar surface area (TPSA) is 13.1 Å². The molecular formula is C16H11ClOS. The highest BCUT2D eigenvalue weighted by Gasteiger charge is 2.11. The highest BCUT2D eigenvalue weighted by molar-refractivity contribution is 7.71. The minimum atomic E-state index is 0.499. The Morgan fingerprint density at radius 1 is 1.05 bits per heavy atom. The van der Waals surface area contributed by atoms with E-state index in [1.807, 2.05) is 55.5 Å². The molecule has 0 N–H and O–H groups in total. The predicted octanol–water partition coefficient (Wildman–Crippen LogP) is 5.79. The average molecular weight is 287 g/mol. The van der Waals surface area contributed by atoms with Gasteiger partial charge in [-0.05, 0) is 19.1 Å². The molecule has 0 atom stereocenters. The van der Waals surface area contributed by atoms with Crippen LogP contribution in [0.25, 0.3) is 22.3 Å². The second-order valence-corrected chi connectivity index (χ2v) is 5.23. The van der Waals surface area contributed by atoms with Crippen LogP contribution < -0.4 is 0 Å². The van der Waals surface area contributed by atoms with Gasteiger partial charge in [0.2, 0.25) is 0 Å². The molecule has 0 amide bonds. The Hall–Kier alpha value is -1.64. The van der Waals surface area contributed by atoms with Gasteiger partial charge in [-0.3, -0.25) is 0 Å². The smallest absolute Gasteiger partial charge is 0.154 e. The van der Waals surface area contributed by atoms with Crippen LogP contribution in [0.5, 0.6) is 0 Å². The third kappa shape index (κ3) is 2.18. The maximum absolute atomic E-state index is 6.36. The molecule has 0 saturated heterocycles. The van der Waals surface area contributed by atoms with Gasteiger partial charge in [0.1, 0.15) is 10.6 Å². The zero-order chi connectivity index (χ0) is 13.4. The Kier molecular flexibility index (Phi) is 3.13. The third-order valence-corrected chi connectivity index (χ3v) is 3.92. The van der Waals surface area contributed by atoms with Crippen LogP contribution in [0, 0.1) is 11.4 Å². The molecule has 0 fully saturated rings. The summed E-state index contributed by atoms with van der Waals surface area (Å²) in [6.45, 7) is 2.02. The summed E-state index contributed by atoms with van der Waals surface area (Å²) in [4.78, 5) is 0. The lowest BCUT2D eigenvalue weighted by molar-refractivity contribution is 0.620. The molecule has 0 aliphatic carbocycles. The number of rotatable bonds is 1. The summed E-state index contributed by atoms with van der Waals surface area (Å²) in [6.07, 6.45) is 0. The summed E-state index contributed by atoms with van der Waals surface area (Å²) in [6, 6.07) is 15.7. The maximum atomic E-state index is 6.36. The highest BCUT2D eigenvalue weighted by Crippen LogP contribution is 2.34. The Balaban J connectivity index is 2.37. The van der Waals surface area contributed by atoms with Crippen molar-refractivity contribution in [1.82, 2.24) is 0 Å². The molecule has 0 aliphatic rings. The van der Waals surface area contributed by atoms with Crippen molar-refractivity contribution in [2.45, 2.75) is 6.92 Å². The molecule has 1 nitrogen and oxygen atoms in total. The van der Waals surface area contributed by atoms with Crippen LogP contribution in [0.1, 0.15) is 5.56 Å². The van der Waals surface area contributed by atoms with E-state index in [0.29, 0.717) is 15.3 Å². The second-order valence-electron chi connectivity index (χ2n) is 4.44. The first kappa shape index (κ1) is 12.4. The van der Waals surface area contributed by atoms with Crippen molar-refractivity contribution in [2.24, 2.45) is 0 Å². The molecule has 1 aromatic heterocycles. The Labute approximate surface area is 121 Å². The molecule has 0 spiro atoms. The Bertz CT molecular complexity index is 806. The molecule has 3 aromatic rings. The monoisotopic (exact) mass is 286 g/mol. The van der Waals surface area contributed by atoms with E-state index in [0.717, 1.165) is 22.1 Å². The first-order chi connectivity index (χ1) is 9.16. The van der Waals surface area contributed by atoms with Crippen molar-refractivity contribution >= 4 is 34.8 Å². The molecule has 94 valence electrons. The van der Waals surface area contributed by atoms with Crippen LogP contribution in [0.15, 0.2) is 52.9 Å². The summed E-state index contributed by atoms with van der Waals surface area (Å²) in [5.74, 6) is 0.628. The van der Waals surface area contributed by atoms with E-state index in [1.165, 1.54) is 0 Å². The van der Waals surface area contributed by atoms with Gasteiger partial charge in [0.15, 0.2) is 5.76 Å². The first-order valence-corrected chi connectivity index (χ1v) is 6.74. The largest absolute Gasteiger partial charge is 0.454 e. The Morgan fingerprint density at radius 3 is 2.53 bits per heavy atom. The number of hydrogen-bond donors (Lipinski definition) is 0. The van der Waals surface area contributed by atoms with Crippen LogP contribution in [0.3, 0.4) is 0 Å². The quantitative estimate of drug-likeness (QED) is 0.525. The van der Waals surface area contributed by atoms with Gasteiger partial charge in [-0.1, -0.05) is 65.8 Å². The maximum Gasteiger partial charge on any atom is 0.154 e. The fourth-order valence-corrected chi connectivity index (χ4v) is 2.56. The van der Waals surface area contributed by atoms with E-state index in [4.69, 9.17) is 28.2 Å². The van der Waals surface area contributed by atoms with Crippen LogP contribution in [-0.2, 0) is 0 Å². The predicted molar refractivity (Wildman–Crippen MR) is 82.2 cm³/mol. The molecular weight excluding hydrogens is 276 g/mol. The van der Waals surface area contributed by atoms with E-state index in [1.54, 1.807) is 0 Å². The minimum absolute atomic E-state index is 0.499. The van der Waals surface area contributed by atoms with E-state index in [2.05, 4.69) is 0 Å². The Morgan fingerprint density at radius 2 is 1.79 bits per heavy atom. The van der Waals surface area contributed by atoms with Crippen LogP contribution in [0.2, 0.25) is 5.02 Å². The van der Waals surface area contributed by atoms with Gasteiger partial charge in [-0.25, -0.2) is 0 Å². The van der Waals surface area contributed by atoms with E-state index in [-0.39, 0.29) is 0 Å². The molecule has 3 rings (SSSR count). The summed E-state index contributed by atoms with van der Waals surface area (Å²) in [5.41, 5.74) is 2.83. The molecule has 0 saturated carbocycles. The molecule has 0 unspecified atom stereocenters. The van der Waals surface area contributed by atoms with Crippen molar-refractivity contribution in [3.05, 3.63) is 63.6 Å². The summed E-state index contributed by atoms with van der Waals surface area (Å²) < 4.78 is 6.56. The fraction of sp³-hybridized carbons (Fsp3) is 0.0625. The normalized spacial score (nSPS) is 10.8. The van der Waals surface area contributed by atoms with E-state index < -0.39 is 0 Å². The fourth-order valence-electron chi connectivity index (χ4n) is 2.06. The SMILES string of the molecule is Cc1ccc2oc(-c3ccccc3)c(Cl)c(=S)c2c1. The lowest BCUT2D eigenvalue weighted by Gasteiger charge is -2.07. The summed E-state index contributed by atoms with van der Waals surface area (Å²) in [7, 11) is 0. The molecule has 0 bridgehead atoms. The molecule has 0 radical (unpaired) electrons. The van der Waals surface area contributed by atoms with E-state index in [9.17, 15) is 0 Å². The van der Waals surface area contributed by atoms with Crippen LogP contribution in [0.4, 0.5) is 0 Å². The van der Waals surface area contributed by atoms with Crippen LogP contribution in [-0.4, -0.2) is 0 Å². The van der Waals surface area contributed by atoms with Crippen molar-refractivity contribution in [1.29, 1.82) is 0 Å². The standard InChI is InChI=1S/C16H11ClOS/c1-10-7-8-13-12(9-10)16(19)14(17)15(18-13)11-5-3-2-4-6-11/h2-9H,1H3. The van der Waals surface area contributed by atoms with Crippen molar-refractivity contribution in [3.63, 3.8) is 0 Å². The van der Waals surface area contributed by atoms with Gasteiger partial charge < -0.3 is 4.42 Å². The minimum Gasteiger partial charge on any atom is -0.454 e. The zero-order valence-corrected chi connectivity index (χ0v) is 11.9. The van der Waals surface area contributed by atoms with Gasteiger partial charge in [0, 0.05) is 10.9 Å². The molecule has 19 heavy (non-hydrogen) atoms. The summed E-state index contributed by atoms with van der Waals surface area (Å²) >= 11 is 11.8. The lowest BCUT2D eigenvalue weighted by atomic mass is 10.1. The van der Waals surface area contributed by atoms with Crippen molar-refractivity contribution in [3.8, 4) is 11.3 Å². The lowest BCUT2D eigenvalue weighted by Crippen LogP contribution is -1.84. The molecule has 2 aromatic carbocycles. The van der Waals surface area contributed by atoms with E-state index >= 15 is 0 Å². The zero-order valence-electron chi connectivity index (χ0n) is 10.3. The second kappa shape index (κ2) is 4.80. The number of fused-ring (bicyclic) bond motifs is 1. The van der Waals surface area contributed by atoms with Gasteiger partial charge in [0.25, 0.3) is 0 Å². The number of halogens is 1. The van der Waals surface area contributed by atoms with Gasteiger partial charge in [0.05, 0.1) is 4.51 Å². The van der Waals surface area contributed by atoms with Crippen molar-refractivity contribution in [2.75, 3.05) is 0 Å². The summed E-state index contributed by atoms with van der Waals surface area (Å²) in [5, 5.41) is 1.39. The van der Waals surface area contributed by atoms with Gasteiger partial charge in [-0.2, -0.15) is 0 Å². The number of benzene rings is 2. The van der Waals surface area contributed by atoms with Crippen molar-refractivity contribution < 1.29 is 4.42 Å². The number of aryl methyl sites for hydroxylation is 1.